The van der Waals surface area contributed by atoms with Crippen LogP contribution in [-0.2, 0) is 17.6 Å². The molecule has 1 aliphatic heterocycles. The highest BCUT2D eigenvalue weighted by molar-refractivity contribution is 5.97. The number of carbonyl (C=O) groups is 1. The van der Waals surface area contributed by atoms with Crippen LogP contribution in [0.15, 0.2) is 36.5 Å². The number of benzene rings is 1. The Hall–Kier alpha value is -2.99. The van der Waals surface area contributed by atoms with Crippen molar-refractivity contribution < 1.29 is 4.79 Å². The molecule has 1 aliphatic carbocycles. The molecule has 3 aromatic rings. The number of anilines is 2. The number of nitrogens with one attached hydrogen (secondary N) is 1. The number of fused-ring (bicyclic) bond motifs is 2. The highest BCUT2D eigenvalue weighted by Gasteiger charge is 2.27. The Morgan fingerprint density at radius 1 is 1.17 bits per heavy atom. The summed E-state index contributed by atoms with van der Waals surface area (Å²) in [6.07, 6.45) is 7.34. The van der Waals surface area contributed by atoms with Crippen molar-refractivity contribution in [1.29, 1.82) is 0 Å². The molecule has 2 aromatic heterocycles. The van der Waals surface area contributed by atoms with Crippen LogP contribution in [0.2, 0.25) is 0 Å². The monoisotopic (exact) mass is 401 g/mol. The summed E-state index contributed by atoms with van der Waals surface area (Å²) in [5, 5.41) is 3.96. The first-order valence-electron chi connectivity index (χ1n) is 10.8. The normalized spacial score (nSPS) is 18.5. The summed E-state index contributed by atoms with van der Waals surface area (Å²) in [7, 11) is 0. The first kappa shape index (κ1) is 19.0. The molecule has 154 valence electrons. The zero-order valence-corrected chi connectivity index (χ0v) is 17.3. The zero-order chi connectivity index (χ0) is 20.7. The minimum absolute atomic E-state index is 0.123. The summed E-state index contributed by atoms with van der Waals surface area (Å²) in [6.45, 7) is 3.39. The van der Waals surface area contributed by atoms with E-state index in [1.165, 1.54) is 42.1 Å². The molecule has 30 heavy (non-hydrogen) atoms. The summed E-state index contributed by atoms with van der Waals surface area (Å²) in [4.78, 5) is 23.2. The molecule has 1 aromatic carbocycles. The number of aromatic nitrogens is 2. The second kappa shape index (κ2) is 7.69. The average Bonchev–Trinajstić information content (AvgIpc) is 3.17. The van der Waals surface area contributed by atoms with Gasteiger partial charge in [-0.3, -0.25) is 9.78 Å². The van der Waals surface area contributed by atoms with Crippen molar-refractivity contribution >= 4 is 28.3 Å². The molecule has 6 heteroatoms. The van der Waals surface area contributed by atoms with E-state index in [9.17, 15) is 4.79 Å². The zero-order valence-electron chi connectivity index (χ0n) is 17.3. The van der Waals surface area contributed by atoms with Gasteiger partial charge in [0.1, 0.15) is 5.82 Å². The van der Waals surface area contributed by atoms with Crippen LogP contribution in [0.25, 0.3) is 22.0 Å². The molecule has 0 spiro atoms. The molecular formula is C24H27N5O. The number of hydrogen-bond donors (Lipinski definition) is 2. The van der Waals surface area contributed by atoms with E-state index in [1.54, 1.807) is 6.20 Å². The molecule has 2 aliphatic rings. The summed E-state index contributed by atoms with van der Waals surface area (Å²) in [5.74, 6) is 0.441. The molecule has 0 radical (unpaired) electrons. The lowest BCUT2D eigenvalue weighted by atomic mass is 9.91. The molecule has 6 nitrogen and oxygen atoms in total. The Bertz CT molecular complexity index is 1130. The second-order valence-electron chi connectivity index (χ2n) is 8.43. The van der Waals surface area contributed by atoms with E-state index in [0.29, 0.717) is 5.82 Å². The van der Waals surface area contributed by atoms with E-state index in [0.717, 1.165) is 49.0 Å². The van der Waals surface area contributed by atoms with Crippen LogP contribution >= 0.6 is 0 Å². The Kier molecular flexibility index (Phi) is 4.87. The largest absolute Gasteiger partial charge is 0.369 e. The van der Waals surface area contributed by atoms with Gasteiger partial charge in [-0.1, -0.05) is 6.07 Å². The lowest BCUT2D eigenvalue weighted by molar-refractivity contribution is -0.114. The van der Waals surface area contributed by atoms with Gasteiger partial charge in [0.25, 0.3) is 0 Å². The van der Waals surface area contributed by atoms with Crippen LogP contribution in [-0.4, -0.2) is 35.0 Å². The number of hydrogen-bond acceptors (Lipinski definition) is 5. The molecule has 5 rings (SSSR count). The van der Waals surface area contributed by atoms with E-state index in [1.807, 2.05) is 12.1 Å². The van der Waals surface area contributed by atoms with E-state index >= 15 is 0 Å². The Balaban J connectivity index is 1.66. The summed E-state index contributed by atoms with van der Waals surface area (Å²) >= 11 is 0. The van der Waals surface area contributed by atoms with Gasteiger partial charge in [0, 0.05) is 43.3 Å². The quantitative estimate of drug-likeness (QED) is 0.700. The number of pyridine rings is 2. The minimum atomic E-state index is -0.123. The third kappa shape index (κ3) is 3.52. The van der Waals surface area contributed by atoms with E-state index in [-0.39, 0.29) is 11.9 Å². The van der Waals surface area contributed by atoms with Gasteiger partial charge < -0.3 is 16.0 Å². The topological polar surface area (TPSA) is 84.1 Å². The summed E-state index contributed by atoms with van der Waals surface area (Å²) in [6, 6.07) is 10.6. The van der Waals surface area contributed by atoms with Crippen molar-refractivity contribution in [3.05, 3.63) is 47.8 Å². The molecule has 0 unspecified atom stereocenters. The summed E-state index contributed by atoms with van der Waals surface area (Å²) < 4.78 is 0. The van der Waals surface area contributed by atoms with Crippen molar-refractivity contribution in [3.63, 3.8) is 0 Å². The maximum atomic E-state index is 11.4. The van der Waals surface area contributed by atoms with Crippen LogP contribution < -0.4 is 16.0 Å². The number of nitrogens with zero attached hydrogens (tertiary/aromatic N) is 3. The number of amides is 1. The van der Waals surface area contributed by atoms with Gasteiger partial charge in [0.2, 0.25) is 5.91 Å². The predicted octanol–water partition coefficient (Wildman–Crippen LogP) is 3.67. The van der Waals surface area contributed by atoms with Gasteiger partial charge in [-0.15, -0.1) is 0 Å². The SMILES string of the molecule is CC(=O)Nc1cc(-c2ccc3nc4c(c(N5CC[C@H](N)C5)c3c2)CCCC4)ccn1. The molecule has 1 amide bonds. The summed E-state index contributed by atoms with van der Waals surface area (Å²) in [5.41, 5.74) is 13.4. The van der Waals surface area contributed by atoms with Gasteiger partial charge in [0.05, 0.1) is 11.2 Å². The van der Waals surface area contributed by atoms with Crippen LogP contribution in [0.4, 0.5) is 11.5 Å². The van der Waals surface area contributed by atoms with E-state index < -0.39 is 0 Å². The van der Waals surface area contributed by atoms with E-state index in [4.69, 9.17) is 10.7 Å². The maximum Gasteiger partial charge on any atom is 0.222 e. The maximum absolute atomic E-state index is 11.4. The second-order valence-corrected chi connectivity index (χ2v) is 8.43. The first-order valence-corrected chi connectivity index (χ1v) is 10.8. The number of carbonyl (C=O) groups excluding carboxylic acids is 1. The average molecular weight is 402 g/mol. The van der Waals surface area contributed by atoms with Gasteiger partial charge in [0.15, 0.2) is 0 Å². The highest BCUT2D eigenvalue weighted by atomic mass is 16.1. The Morgan fingerprint density at radius 3 is 2.80 bits per heavy atom. The Morgan fingerprint density at radius 2 is 2.00 bits per heavy atom. The molecule has 3 heterocycles. The van der Waals surface area contributed by atoms with Crippen molar-refractivity contribution in [3.8, 4) is 11.1 Å². The molecule has 1 saturated heterocycles. The fraction of sp³-hybridized carbons (Fsp3) is 0.375. The van der Waals surface area contributed by atoms with Crippen LogP contribution in [0.5, 0.6) is 0 Å². The molecule has 3 N–H and O–H groups in total. The fourth-order valence-corrected chi connectivity index (χ4v) is 4.79. The first-order chi connectivity index (χ1) is 14.6. The standard InChI is InChI=1S/C24H27N5O/c1-15(30)27-23-13-17(8-10-26-23)16-6-7-22-20(12-16)24(29-11-9-18(25)14-29)19-4-2-3-5-21(19)28-22/h6-8,10,12-13,18H,2-5,9,11,14,25H2,1H3,(H,26,27,30)/t18-/m0/s1. The Labute approximate surface area is 176 Å². The van der Waals surface area contributed by atoms with Crippen molar-refractivity contribution in [2.24, 2.45) is 5.73 Å². The van der Waals surface area contributed by atoms with Crippen molar-refractivity contribution in [1.82, 2.24) is 9.97 Å². The van der Waals surface area contributed by atoms with Gasteiger partial charge in [-0.2, -0.15) is 0 Å². The van der Waals surface area contributed by atoms with Gasteiger partial charge in [-0.05, 0) is 73.1 Å². The lowest BCUT2D eigenvalue weighted by Crippen LogP contribution is -2.28. The van der Waals surface area contributed by atoms with Gasteiger partial charge >= 0.3 is 0 Å². The molecule has 1 fully saturated rings. The predicted molar refractivity (Wildman–Crippen MR) is 121 cm³/mol. The van der Waals surface area contributed by atoms with Crippen LogP contribution in [0, 0.1) is 0 Å². The van der Waals surface area contributed by atoms with Crippen molar-refractivity contribution in [2.45, 2.75) is 45.1 Å². The third-order valence-corrected chi connectivity index (χ3v) is 6.17. The minimum Gasteiger partial charge on any atom is -0.369 e. The smallest absolute Gasteiger partial charge is 0.222 e. The molecular weight excluding hydrogens is 374 g/mol. The van der Waals surface area contributed by atoms with Gasteiger partial charge in [-0.25, -0.2) is 4.98 Å². The highest BCUT2D eigenvalue weighted by Crippen LogP contribution is 2.39. The molecule has 1 atom stereocenters. The number of aryl methyl sites for hydroxylation is 1. The van der Waals surface area contributed by atoms with Crippen LogP contribution in [0.1, 0.15) is 37.4 Å². The number of nitrogens with two attached hydrogens (primary N) is 1. The van der Waals surface area contributed by atoms with Crippen molar-refractivity contribution in [2.75, 3.05) is 23.3 Å². The lowest BCUT2D eigenvalue weighted by Gasteiger charge is -2.28. The molecule has 0 bridgehead atoms. The van der Waals surface area contributed by atoms with Crippen LogP contribution in [0.3, 0.4) is 0 Å². The third-order valence-electron chi connectivity index (χ3n) is 6.17. The number of rotatable bonds is 3. The fourth-order valence-electron chi connectivity index (χ4n) is 4.79. The van der Waals surface area contributed by atoms with E-state index in [2.05, 4.69) is 33.4 Å². The molecule has 0 saturated carbocycles.